The zero-order chi connectivity index (χ0) is 23.9. The number of benzene rings is 1. The lowest BCUT2D eigenvalue weighted by atomic mass is 10.0. The number of aryl methyl sites for hydroxylation is 1. The predicted molar refractivity (Wildman–Crippen MR) is 120 cm³/mol. The van der Waals surface area contributed by atoms with E-state index in [1.807, 2.05) is 10.3 Å². The number of nitrogens with one attached hydrogen (secondary N) is 2. The van der Waals surface area contributed by atoms with Crippen molar-refractivity contribution >= 4 is 28.6 Å². The normalized spacial score (nSPS) is 18.9. The van der Waals surface area contributed by atoms with Gasteiger partial charge in [-0.1, -0.05) is 0 Å². The average molecular weight is 461 g/mol. The number of carbonyl (C=O) groups is 2. The van der Waals surface area contributed by atoms with Crippen molar-refractivity contribution in [1.29, 1.82) is 0 Å². The van der Waals surface area contributed by atoms with Gasteiger partial charge in [0.2, 0.25) is 0 Å². The van der Waals surface area contributed by atoms with E-state index in [1.54, 1.807) is 18.4 Å². The number of hydrogen-bond acceptors (Lipinski definition) is 6. The summed E-state index contributed by atoms with van der Waals surface area (Å²) < 4.78 is 22.7. The van der Waals surface area contributed by atoms with Crippen LogP contribution in [0.15, 0.2) is 16.9 Å². The summed E-state index contributed by atoms with van der Waals surface area (Å²) in [5.41, 5.74) is 3.29. The largest absolute Gasteiger partial charge is 0.483 e. The molecule has 2 amide bonds. The van der Waals surface area contributed by atoms with Crippen molar-refractivity contribution in [3.63, 3.8) is 0 Å². The van der Waals surface area contributed by atoms with Gasteiger partial charge in [0, 0.05) is 36.6 Å². The molecule has 2 fully saturated rings. The quantitative estimate of drug-likeness (QED) is 0.279. The van der Waals surface area contributed by atoms with Crippen LogP contribution >= 0.6 is 0 Å². The second kappa shape index (κ2) is 8.89. The molecule has 2 aliphatic rings. The number of ether oxygens (including phenoxy) is 1. The van der Waals surface area contributed by atoms with Gasteiger partial charge >= 0.3 is 6.09 Å². The van der Waals surface area contributed by atoms with Crippen molar-refractivity contribution < 1.29 is 23.8 Å². The molecule has 2 heterocycles. The molecule has 1 saturated heterocycles. The number of aromatic nitrogens is 1. The van der Waals surface area contributed by atoms with Gasteiger partial charge in [0.15, 0.2) is 6.61 Å². The highest BCUT2D eigenvalue weighted by Crippen LogP contribution is 2.42. The Bertz CT molecular complexity index is 1160. The molecule has 33 heavy (non-hydrogen) atoms. The van der Waals surface area contributed by atoms with Crippen LogP contribution in [0.4, 0.5) is 14.9 Å². The number of hydrogen-bond donors (Lipinski definition) is 4. The number of nitrogens with zero attached hydrogens (tertiary/aromatic N) is 2. The SMILES string of the molecule is Cc1c(N2CCC([C@H](C)NC(=O)O)C2)c(F)cc2c(OCC(=O)NN)cc(=O)n(C3CC3)c12. The molecule has 11 heteroatoms. The number of nitrogens with two attached hydrogens (primary N) is 1. The van der Waals surface area contributed by atoms with E-state index < -0.39 is 24.4 Å². The number of carboxylic acid groups (broad SMARTS) is 1. The van der Waals surface area contributed by atoms with Crippen LogP contribution in [0.1, 0.15) is 37.8 Å². The van der Waals surface area contributed by atoms with Crippen molar-refractivity contribution in [1.82, 2.24) is 15.3 Å². The van der Waals surface area contributed by atoms with Crippen LogP contribution in [-0.2, 0) is 4.79 Å². The number of carbonyl (C=O) groups excluding carboxylic acids is 1. The minimum atomic E-state index is -1.08. The van der Waals surface area contributed by atoms with Gasteiger partial charge in [-0.2, -0.15) is 0 Å². The van der Waals surface area contributed by atoms with Gasteiger partial charge < -0.3 is 24.6 Å². The molecule has 1 aliphatic heterocycles. The summed E-state index contributed by atoms with van der Waals surface area (Å²) in [5.74, 6) is 4.22. The summed E-state index contributed by atoms with van der Waals surface area (Å²) in [6, 6.07) is 2.41. The van der Waals surface area contributed by atoms with E-state index in [9.17, 15) is 14.4 Å². The van der Waals surface area contributed by atoms with E-state index in [1.165, 1.54) is 12.1 Å². The number of anilines is 1. The van der Waals surface area contributed by atoms with E-state index in [0.717, 1.165) is 12.8 Å². The van der Waals surface area contributed by atoms with Gasteiger partial charge in [-0.3, -0.25) is 15.0 Å². The topological polar surface area (TPSA) is 139 Å². The number of amides is 2. The van der Waals surface area contributed by atoms with Crippen molar-refractivity contribution in [2.75, 3.05) is 24.6 Å². The smallest absolute Gasteiger partial charge is 0.404 e. The first kappa shape index (κ1) is 22.8. The Balaban J connectivity index is 1.77. The van der Waals surface area contributed by atoms with Crippen LogP contribution in [0.25, 0.3) is 10.9 Å². The maximum absolute atomic E-state index is 15.5. The molecule has 1 aromatic heterocycles. The highest BCUT2D eigenvalue weighted by Gasteiger charge is 2.33. The van der Waals surface area contributed by atoms with E-state index in [0.29, 0.717) is 41.7 Å². The molecular formula is C22H28FN5O5. The molecule has 0 spiro atoms. The molecule has 10 nitrogen and oxygen atoms in total. The van der Waals surface area contributed by atoms with Crippen molar-refractivity contribution in [2.45, 2.75) is 45.2 Å². The Morgan fingerprint density at radius 3 is 2.70 bits per heavy atom. The molecule has 4 rings (SSSR count). The monoisotopic (exact) mass is 461 g/mol. The molecule has 1 aliphatic carbocycles. The zero-order valence-electron chi connectivity index (χ0n) is 18.6. The fraction of sp³-hybridized carbons (Fsp3) is 0.500. The minimum absolute atomic E-state index is 0.0330. The second-order valence-electron chi connectivity index (χ2n) is 8.77. The molecule has 1 unspecified atom stereocenters. The summed E-state index contributed by atoms with van der Waals surface area (Å²) in [4.78, 5) is 37.4. The summed E-state index contributed by atoms with van der Waals surface area (Å²) >= 11 is 0. The van der Waals surface area contributed by atoms with Crippen LogP contribution < -0.4 is 31.8 Å². The maximum atomic E-state index is 15.5. The van der Waals surface area contributed by atoms with Crippen molar-refractivity contribution in [2.24, 2.45) is 11.8 Å². The van der Waals surface area contributed by atoms with Gasteiger partial charge in [-0.05, 0) is 50.7 Å². The molecule has 0 bridgehead atoms. The van der Waals surface area contributed by atoms with Crippen molar-refractivity contribution in [3.8, 4) is 5.75 Å². The highest BCUT2D eigenvalue weighted by molar-refractivity contribution is 5.92. The highest BCUT2D eigenvalue weighted by atomic mass is 19.1. The van der Waals surface area contributed by atoms with Crippen LogP contribution in [0, 0.1) is 18.7 Å². The van der Waals surface area contributed by atoms with Crippen LogP contribution in [0.3, 0.4) is 0 Å². The minimum Gasteiger partial charge on any atom is -0.483 e. The van der Waals surface area contributed by atoms with Crippen LogP contribution in [-0.4, -0.2) is 47.4 Å². The first-order chi connectivity index (χ1) is 15.7. The molecule has 1 saturated carbocycles. The molecule has 5 N–H and O–H groups in total. The number of rotatable bonds is 7. The fourth-order valence-electron chi connectivity index (χ4n) is 4.72. The predicted octanol–water partition coefficient (Wildman–Crippen LogP) is 1.64. The standard InChI is InChI=1S/C22H28FN5O5/c1-11-20-15(17(33-10-18(29)26-24)8-19(30)28(20)14-3-4-14)7-16(23)21(11)27-6-5-13(9-27)12(2)25-22(31)32/h7-8,12-14,25H,3-6,9-10,24H2,1-2H3,(H,26,29)(H,31,32)/t12-,13?/m0/s1. The molecule has 2 aromatic rings. The van der Waals surface area contributed by atoms with Gasteiger partial charge in [0.25, 0.3) is 11.5 Å². The Hall–Kier alpha value is -3.34. The Morgan fingerprint density at radius 1 is 1.33 bits per heavy atom. The van der Waals surface area contributed by atoms with Crippen LogP contribution in [0.5, 0.6) is 5.75 Å². The first-order valence-electron chi connectivity index (χ1n) is 11.0. The third kappa shape index (κ3) is 4.45. The van der Waals surface area contributed by atoms with Crippen molar-refractivity contribution in [3.05, 3.63) is 33.9 Å². The summed E-state index contributed by atoms with van der Waals surface area (Å²) in [5, 5.41) is 11.9. The molecule has 178 valence electrons. The number of pyridine rings is 1. The Morgan fingerprint density at radius 2 is 2.06 bits per heavy atom. The second-order valence-corrected chi connectivity index (χ2v) is 8.77. The lowest BCUT2D eigenvalue weighted by molar-refractivity contribution is -0.123. The summed E-state index contributed by atoms with van der Waals surface area (Å²) in [6.45, 7) is 4.24. The maximum Gasteiger partial charge on any atom is 0.404 e. The van der Waals surface area contributed by atoms with E-state index in [-0.39, 0.29) is 29.3 Å². The molecule has 1 aromatic carbocycles. The van der Waals surface area contributed by atoms with Gasteiger partial charge in [0.1, 0.15) is 11.6 Å². The lowest BCUT2D eigenvalue weighted by Gasteiger charge is -2.26. The van der Waals surface area contributed by atoms with E-state index in [2.05, 4.69) is 5.32 Å². The summed E-state index contributed by atoms with van der Waals surface area (Å²) in [6.07, 6.45) is 1.35. The number of halogens is 1. The average Bonchev–Trinajstić information content (AvgIpc) is 3.47. The van der Waals surface area contributed by atoms with E-state index in [4.69, 9.17) is 15.7 Å². The summed E-state index contributed by atoms with van der Waals surface area (Å²) in [7, 11) is 0. The third-order valence-electron chi connectivity index (χ3n) is 6.49. The molecule has 2 atom stereocenters. The fourth-order valence-corrected chi connectivity index (χ4v) is 4.72. The van der Waals surface area contributed by atoms with Gasteiger partial charge in [-0.25, -0.2) is 15.0 Å². The van der Waals surface area contributed by atoms with E-state index >= 15 is 4.39 Å². The Labute approximate surface area is 189 Å². The zero-order valence-corrected chi connectivity index (χ0v) is 18.6. The molecular weight excluding hydrogens is 433 g/mol. The number of fused-ring (bicyclic) bond motifs is 1. The van der Waals surface area contributed by atoms with Crippen LogP contribution in [0.2, 0.25) is 0 Å². The first-order valence-corrected chi connectivity index (χ1v) is 11.0. The Kier molecular flexibility index (Phi) is 6.15. The molecule has 0 radical (unpaired) electrons. The lowest BCUT2D eigenvalue weighted by Crippen LogP contribution is -2.38. The van der Waals surface area contributed by atoms with Gasteiger partial charge in [-0.15, -0.1) is 0 Å². The third-order valence-corrected chi connectivity index (χ3v) is 6.49. The van der Waals surface area contributed by atoms with Gasteiger partial charge in [0.05, 0.1) is 11.2 Å². The number of hydrazine groups is 1.